The van der Waals surface area contributed by atoms with E-state index in [2.05, 4.69) is 9.97 Å². The van der Waals surface area contributed by atoms with Crippen LogP contribution in [-0.4, -0.2) is 39.1 Å². The zero-order valence-electron chi connectivity index (χ0n) is 23.8. The maximum atomic E-state index is 14.0. The van der Waals surface area contributed by atoms with Crippen LogP contribution in [0, 0.1) is 20.8 Å². The number of pyridine rings is 2. The van der Waals surface area contributed by atoms with Gasteiger partial charge in [-0.25, -0.2) is 9.97 Å². The van der Waals surface area contributed by atoms with E-state index in [0.717, 1.165) is 39.4 Å². The molecule has 1 amide bonds. The molecule has 4 N–H and O–H groups in total. The monoisotopic (exact) mass is 553 g/mol. The highest BCUT2D eigenvalue weighted by atomic mass is 16.5. The number of benzene rings is 1. The van der Waals surface area contributed by atoms with Crippen LogP contribution in [0.5, 0.6) is 5.75 Å². The standard InChI is InChI=1S/C31H35N7O3/c1-18-5-9-23(27(13-18)41-4)24(25-10-6-19(2)14-34-25)17-37(16-21-7-12-28(32)36-20(21)3)30-31(40)38-22(15-35-30)8-11-26(38)29(33)39/h5-7,9-10,12-15,24,26H,8,11,16-17H2,1-4H3,(H2,32,36)(H2,33,39)/t24-,26-/m0/s1. The van der Waals surface area contributed by atoms with Gasteiger partial charge in [0, 0.05) is 54.0 Å². The number of primary amides is 1. The number of aryl methyl sites for hydroxylation is 4. The van der Waals surface area contributed by atoms with Crippen molar-refractivity contribution in [1.29, 1.82) is 0 Å². The first-order valence-corrected chi connectivity index (χ1v) is 13.6. The molecule has 1 aromatic carbocycles. The summed E-state index contributed by atoms with van der Waals surface area (Å²) in [7, 11) is 1.65. The van der Waals surface area contributed by atoms with Crippen molar-refractivity contribution in [3.05, 3.63) is 105 Å². The molecular weight excluding hydrogens is 518 g/mol. The Hall–Kier alpha value is -4.73. The van der Waals surface area contributed by atoms with Crippen molar-refractivity contribution in [2.45, 2.75) is 52.1 Å². The van der Waals surface area contributed by atoms with Crippen molar-refractivity contribution in [3.63, 3.8) is 0 Å². The molecular formula is C31H35N7O3. The normalized spacial score (nSPS) is 14.9. The fourth-order valence-electron chi connectivity index (χ4n) is 5.49. The van der Waals surface area contributed by atoms with Gasteiger partial charge in [-0.2, -0.15) is 0 Å². The van der Waals surface area contributed by atoms with Gasteiger partial charge < -0.3 is 21.1 Å². The van der Waals surface area contributed by atoms with Crippen molar-refractivity contribution < 1.29 is 9.53 Å². The number of hydrogen-bond acceptors (Lipinski definition) is 8. The molecule has 0 saturated carbocycles. The van der Waals surface area contributed by atoms with Gasteiger partial charge in [0.1, 0.15) is 17.6 Å². The fourth-order valence-corrected chi connectivity index (χ4v) is 5.49. The van der Waals surface area contributed by atoms with Gasteiger partial charge in [0.15, 0.2) is 5.82 Å². The van der Waals surface area contributed by atoms with Crippen LogP contribution in [0.2, 0.25) is 0 Å². The summed E-state index contributed by atoms with van der Waals surface area (Å²) < 4.78 is 7.31. The Kier molecular flexibility index (Phi) is 7.74. The maximum absolute atomic E-state index is 14.0. The number of ether oxygens (including phenoxy) is 1. The number of methoxy groups -OCH3 is 1. The van der Waals surface area contributed by atoms with E-state index in [1.807, 2.05) is 68.3 Å². The van der Waals surface area contributed by atoms with Crippen molar-refractivity contribution in [3.8, 4) is 5.75 Å². The second kappa shape index (κ2) is 11.4. The summed E-state index contributed by atoms with van der Waals surface area (Å²) in [6.45, 7) is 6.57. The van der Waals surface area contributed by atoms with Gasteiger partial charge in [0.05, 0.1) is 7.11 Å². The molecule has 0 saturated heterocycles. The lowest BCUT2D eigenvalue weighted by molar-refractivity contribution is -0.121. The Labute approximate surface area is 239 Å². The highest BCUT2D eigenvalue weighted by molar-refractivity contribution is 5.79. The molecule has 4 heterocycles. The lowest BCUT2D eigenvalue weighted by Gasteiger charge is -2.30. The van der Waals surface area contributed by atoms with Crippen molar-refractivity contribution in [2.24, 2.45) is 5.73 Å². The van der Waals surface area contributed by atoms with Crippen LogP contribution in [0.15, 0.2) is 59.7 Å². The predicted molar refractivity (Wildman–Crippen MR) is 158 cm³/mol. The molecule has 212 valence electrons. The minimum atomic E-state index is -0.701. The fraction of sp³-hybridized carbons (Fsp3) is 0.323. The van der Waals surface area contributed by atoms with Gasteiger partial charge in [0.2, 0.25) is 5.91 Å². The largest absolute Gasteiger partial charge is 0.496 e. The first-order valence-electron chi connectivity index (χ1n) is 13.6. The van der Waals surface area contributed by atoms with Crippen molar-refractivity contribution in [1.82, 2.24) is 19.5 Å². The Balaban J connectivity index is 1.67. The van der Waals surface area contributed by atoms with Crippen LogP contribution < -0.4 is 26.7 Å². The van der Waals surface area contributed by atoms with Gasteiger partial charge >= 0.3 is 0 Å². The number of nitrogens with zero attached hydrogens (tertiary/aromatic N) is 5. The second-order valence-electron chi connectivity index (χ2n) is 10.6. The number of carbonyl (C=O) groups excluding carboxylic acids is 1. The predicted octanol–water partition coefficient (Wildman–Crippen LogP) is 3.36. The first-order chi connectivity index (χ1) is 19.7. The molecule has 0 radical (unpaired) electrons. The van der Waals surface area contributed by atoms with Gasteiger partial charge in [-0.1, -0.05) is 24.3 Å². The highest BCUT2D eigenvalue weighted by Gasteiger charge is 2.32. The minimum Gasteiger partial charge on any atom is -0.496 e. The molecule has 0 spiro atoms. The summed E-state index contributed by atoms with van der Waals surface area (Å²) in [6, 6.07) is 13.1. The lowest BCUT2D eigenvalue weighted by atomic mass is 9.92. The third kappa shape index (κ3) is 5.63. The summed E-state index contributed by atoms with van der Waals surface area (Å²) in [5.74, 6) is 0.569. The SMILES string of the molecule is COc1cc(C)ccc1[C@H](CN(Cc1ccc(N)nc1C)c1ncc2n(c1=O)[C@H](C(N)=O)CC2)c1ccc(C)cn1. The van der Waals surface area contributed by atoms with Crippen LogP contribution >= 0.6 is 0 Å². The van der Waals surface area contributed by atoms with Crippen molar-refractivity contribution in [2.75, 3.05) is 24.3 Å². The summed E-state index contributed by atoms with van der Waals surface area (Å²) in [5, 5.41) is 0. The number of nitrogens with two attached hydrogens (primary N) is 2. The van der Waals surface area contributed by atoms with E-state index in [0.29, 0.717) is 37.4 Å². The zero-order chi connectivity index (χ0) is 29.3. The quantitative estimate of drug-likeness (QED) is 0.321. The van der Waals surface area contributed by atoms with E-state index in [1.165, 1.54) is 4.57 Å². The Morgan fingerprint density at radius 2 is 1.88 bits per heavy atom. The van der Waals surface area contributed by atoms with Gasteiger partial charge in [0.25, 0.3) is 5.56 Å². The number of anilines is 2. The van der Waals surface area contributed by atoms with E-state index < -0.39 is 11.9 Å². The van der Waals surface area contributed by atoms with Gasteiger partial charge in [-0.05, 0) is 68.5 Å². The Morgan fingerprint density at radius 1 is 1.10 bits per heavy atom. The molecule has 0 aliphatic carbocycles. The molecule has 10 heteroatoms. The van der Waals surface area contributed by atoms with Crippen LogP contribution in [-0.2, 0) is 17.8 Å². The average Bonchev–Trinajstić information content (AvgIpc) is 3.39. The molecule has 5 rings (SSSR count). The van der Waals surface area contributed by atoms with Gasteiger partial charge in [-0.15, -0.1) is 0 Å². The molecule has 0 unspecified atom stereocenters. The number of amides is 1. The molecule has 41 heavy (non-hydrogen) atoms. The molecule has 3 aromatic heterocycles. The van der Waals surface area contributed by atoms with E-state index in [4.69, 9.17) is 21.2 Å². The molecule has 1 aliphatic heterocycles. The van der Waals surface area contributed by atoms with E-state index in [9.17, 15) is 9.59 Å². The Morgan fingerprint density at radius 3 is 2.56 bits per heavy atom. The lowest BCUT2D eigenvalue weighted by Crippen LogP contribution is -2.39. The number of aromatic nitrogens is 4. The number of rotatable bonds is 9. The van der Waals surface area contributed by atoms with Crippen LogP contribution in [0.3, 0.4) is 0 Å². The maximum Gasteiger partial charge on any atom is 0.294 e. The van der Waals surface area contributed by atoms with E-state index >= 15 is 0 Å². The third-order valence-electron chi connectivity index (χ3n) is 7.71. The minimum absolute atomic E-state index is 0.223. The second-order valence-corrected chi connectivity index (χ2v) is 10.6. The summed E-state index contributed by atoms with van der Waals surface area (Å²) >= 11 is 0. The molecule has 0 fully saturated rings. The molecule has 4 aromatic rings. The topological polar surface area (TPSA) is 142 Å². The zero-order valence-corrected chi connectivity index (χ0v) is 23.8. The summed E-state index contributed by atoms with van der Waals surface area (Å²) in [6.07, 6.45) is 4.55. The molecule has 0 bridgehead atoms. The van der Waals surface area contributed by atoms with Crippen molar-refractivity contribution >= 4 is 17.5 Å². The third-order valence-corrected chi connectivity index (χ3v) is 7.71. The molecule has 1 aliphatic rings. The molecule has 2 atom stereocenters. The highest BCUT2D eigenvalue weighted by Crippen LogP contribution is 2.34. The smallest absolute Gasteiger partial charge is 0.294 e. The number of nitrogen functional groups attached to an aromatic ring is 1. The van der Waals surface area contributed by atoms with E-state index in [-0.39, 0.29) is 17.3 Å². The average molecular weight is 554 g/mol. The first kappa shape index (κ1) is 27.8. The Bertz CT molecular complexity index is 1650. The summed E-state index contributed by atoms with van der Waals surface area (Å²) in [5.41, 5.74) is 17.5. The number of hydrogen-bond donors (Lipinski definition) is 2. The number of fused-ring (bicyclic) bond motifs is 1. The van der Waals surface area contributed by atoms with Crippen LogP contribution in [0.25, 0.3) is 0 Å². The summed E-state index contributed by atoms with van der Waals surface area (Å²) in [4.78, 5) is 42.0. The molecule has 10 nitrogen and oxygen atoms in total. The van der Waals surface area contributed by atoms with E-state index in [1.54, 1.807) is 19.4 Å². The van der Waals surface area contributed by atoms with Crippen LogP contribution in [0.4, 0.5) is 11.6 Å². The number of carbonyl (C=O) groups is 1. The van der Waals surface area contributed by atoms with Gasteiger partial charge in [-0.3, -0.25) is 19.1 Å². The van der Waals surface area contributed by atoms with Crippen LogP contribution in [0.1, 0.15) is 57.7 Å².